The second kappa shape index (κ2) is 6.26. The van der Waals surface area contributed by atoms with Crippen LogP contribution in [0, 0.1) is 6.92 Å². The van der Waals surface area contributed by atoms with Crippen molar-refractivity contribution in [2.45, 2.75) is 6.92 Å². The molecule has 0 atom stereocenters. The molecule has 1 heterocycles. The number of aryl methyl sites for hydroxylation is 1. The van der Waals surface area contributed by atoms with Crippen molar-refractivity contribution in [3.8, 4) is 5.75 Å². The SMILES string of the molecule is Cc1ccc(NC(=O)COc2cccc3ccccc23)nc1. The molecule has 0 radical (unpaired) electrons. The van der Waals surface area contributed by atoms with Gasteiger partial charge in [-0.25, -0.2) is 4.98 Å². The molecule has 0 aliphatic heterocycles. The van der Waals surface area contributed by atoms with Crippen LogP contribution in [0.3, 0.4) is 0 Å². The van der Waals surface area contributed by atoms with E-state index in [1.165, 1.54) is 0 Å². The molecule has 4 nitrogen and oxygen atoms in total. The fraction of sp³-hybridized carbons (Fsp3) is 0.111. The molecule has 3 aromatic rings. The molecule has 4 heteroatoms. The highest BCUT2D eigenvalue weighted by Gasteiger charge is 2.06. The maximum absolute atomic E-state index is 11.9. The van der Waals surface area contributed by atoms with Crippen LogP contribution < -0.4 is 10.1 Å². The first-order valence-corrected chi connectivity index (χ1v) is 7.05. The zero-order chi connectivity index (χ0) is 15.4. The summed E-state index contributed by atoms with van der Waals surface area (Å²) in [5, 5.41) is 4.79. The lowest BCUT2D eigenvalue weighted by molar-refractivity contribution is -0.118. The monoisotopic (exact) mass is 292 g/mol. The minimum Gasteiger partial charge on any atom is -0.483 e. The summed E-state index contributed by atoms with van der Waals surface area (Å²) in [6.07, 6.45) is 1.71. The number of hydrogen-bond donors (Lipinski definition) is 1. The zero-order valence-electron chi connectivity index (χ0n) is 12.2. The number of pyridine rings is 1. The van der Waals surface area contributed by atoms with E-state index >= 15 is 0 Å². The van der Waals surface area contributed by atoms with Gasteiger partial charge in [-0.3, -0.25) is 4.79 Å². The molecule has 0 saturated heterocycles. The van der Waals surface area contributed by atoms with Crippen LogP contribution in [-0.2, 0) is 4.79 Å². The van der Waals surface area contributed by atoms with E-state index in [1.807, 2.05) is 55.5 Å². The normalized spacial score (nSPS) is 10.4. The lowest BCUT2D eigenvalue weighted by atomic mass is 10.1. The molecule has 0 unspecified atom stereocenters. The number of anilines is 1. The van der Waals surface area contributed by atoms with Gasteiger partial charge < -0.3 is 10.1 Å². The third-order valence-electron chi connectivity index (χ3n) is 3.29. The molecule has 2 aromatic carbocycles. The van der Waals surface area contributed by atoms with Crippen LogP contribution in [0.5, 0.6) is 5.75 Å². The maximum Gasteiger partial charge on any atom is 0.263 e. The number of hydrogen-bond acceptors (Lipinski definition) is 3. The van der Waals surface area contributed by atoms with Gasteiger partial charge in [0.15, 0.2) is 6.61 Å². The van der Waals surface area contributed by atoms with Gasteiger partial charge in [0.05, 0.1) is 0 Å². The van der Waals surface area contributed by atoms with E-state index in [0.717, 1.165) is 16.3 Å². The second-order valence-corrected chi connectivity index (χ2v) is 5.03. The highest BCUT2D eigenvalue weighted by molar-refractivity contribution is 5.92. The Kier molecular flexibility index (Phi) is 4.01. The smallest absolute Gasteiger partial charge is 0.263 e. The van der Waals surface area contributed by atoms with Crippen LogP contribution in [-0.4, -0.2) is 17.5 Å². The van der Waals surface area contributed by atoms with Crippen molar-refractivity contribution in [2.75, 3.05) is 11.9 Å². The molecule has 0 spiro atoms. The summed E-state index contributed by atoms with van der Waals surface area (Å²) < 4.78 is 5.64. The number of aromatic nitrogens is 1. The minimum absolute atomic E-state index is 0.0520. The average molecular weight is 292 g/mol. The topological polar surface area (TPSA) is 51.2 Å². The Morgan fingerprint density at radius 1 is 1.09 bits per heavy atom. The van der Waals surface area contributed by atoms with Crippen molar-refractivity contribution in [3.05, 3.63) is 66.4 Å². The average Bonchev–Trinajstić information content (AvgIpc) is 2.55. The van der Waals surface area contributed by atoms with Gasteiger partial charge >= 0.3 is 0 Å². The molecule has 0 saturated carbocycles. The van der Waals surface area contributed by atoms with E-state index < -0.39 is 0 Å². The molecule has 0 aliphatic rings. The predicted octanol–water partition coefficient (Wildman–Crippen LogP) is 3.56. The number of fused-ring (bicyclic) bond motifs is 1. The molecule has 22 heavy (non-hydrogen) atoms. The summed E-state index contributed by atoms with van der Waals surface area (Å²) in [7, 11) is 0. The second-order valence-electron chi connectivity index (χ2n) is 5.03. The summed E-state index contributed by atoms with van der Waals surface area (Å²) >= 11 is 0. The summed E-state index contributed by atoms with van der Waals surface area (Å²) in [4.78, 5) is 16.1. The zero-order valence-corrected chi connectivity index (χ0v) is 12.2. The molecular weight excluding hydrogens is 276 g/mol. The van der Waals surface area contributed by atoms with E-state index in [9.17, 15) is 4.79 Å². The fourth-order valence-corrected chi connectivity index (χ4v) is 2.19. The molecule has 3 rings (SSSR count). The number of carbonyl (C=O) groups is 1. The van der Waals surface area contributed by atoms with E-state index in [0.29, 0.717) is 11.6 Å². The van der Waals surface area contributed by atoms with Gasteiger partial charge in [0.2, 0.25) is 0 Å². The van der Waals surface area contributed by atoms with Crippen molar-refractivity contribution in [3.63, 3.8) is 0 Å². The molecule has 0 aliphatic carbocycles. The van der Waals surface area contributed by atoms with Crippen molar-refractivity contribution in [2.24, 2.45) is 0 Å². The quantitative estimate of drug-likeness (QED) is 0.800. The summed E-state index contributed by atoms with van der Waals surface area (Å²) in [5.41, 5.74) is 1.05. The van der Waals surface area contributed by atoms with Gasteiger partial charge in [-0.05, 0) is 30.0 Å². The van der Waals surface area contributed by atoms with Crippen LogP contribution in [0.25, 0.3) is 10.8 Å². The maximum atomic E-state index is 11.9. The molecule has 0 fully saturated rings. The summed E-state index contributed by atoms with van der Waals surface area (Å²) in [6.45, 7) is 1.89. The van der Waals surface area contributed by atoms with Crippen molar-refractivity contribution in [1.29, 1.82) is 0 Å². The van der Waals surface area contributed by atoms with E-state index in [-0.39, 0.29) is 12.5 Å². The largest absolute Gasteiger partial charge is 0.483 e. The van der Waals surface area contributed by atoms with Gasteiger partial charge in [-0.1, -0.05) is 42.5 Å². The van der Waals surface area contributed by atoms with Gasteiger partial charge in [-0.15, -0.1) is 0 Å². The van der Waals surface area contributed by atoms with Crippen LogP contribution in [0.2, 0.25) is 0 Å². The van der Waals surface area contributed by atoms with Crippen LogP contribution in [0.4, 0.5) is 5.82 Å². The Bertz CT molecular complexity index is 792. The van der Waals surface area contributed by atoms with Crippen molar-refractivity contribution < 1.29 is 9.53 Å². The number of amides is 1. The van der Waals surface area contributed by atoms with Crippen LogP contribution in [0.1, 0.15) is 5.56 Å². The first kappa shape index (κ1) is 14.1. The molecule has 1 aromatic heterocycles. The van der Waals surface area contributed by atoms with Gasteiger partial charge in [0, 0.05) is 11.6 Å². The number of ether oxygens (including phenoxy) is 1. The molecule has 110 valence electrons. The van der Waals surface area contributed by atoms with Gasteiger partial charge in [0.25, 0.3) is 5.91 Å². The Balaban J connectivity index is 1.66. The van der Waals surface area contributed by atoms with Crippen molar-refractivity contribution in [1.82, 2.24) is 4.98 Å². The Morgan fingerprint density at radius 2 is 1.91 bits per heavy atom. The number of carbonyl (C=O) groups excluding carboxylic acids is 1. The van der Waals surface area contributed by atoms with Gasteiger partial charge in [0.1, 0.15) is 11.6 Å². The molecule has 1 amide bonds. The lowest BCUT2D eigenvalue weighted by Crippen LogP contribution is -2.20. The number of nitrogens with one attached hydrogen (secondary N) is 1. The molecule has 0 bridgehead atoms. The van der Waals surface area contributed by atoms with Gasteiger partial charge in [-0.2, -0.15) is 0 Å². The third kappa shape index (κ3) is 3.23. The first-order chi connectivity index (χ1) is 10.7. The number of nitrogens with zero attached hydrogens (tertiary/aromatic N) is 1. The molecule has 1 N–H and O–H groups in total. The molecular formula is C18H16N2O2. The number of rotatable bonds is 4. The Morgan fingerprint density at radius 3 is 2.73 bits per heavy atom. The van der Waals surface area contributed by atoms with E-state index in [4.69, 9.17) is 4.74 Å². The van der Waals surface area contributed by atoms with Crippen molar-refractivity contribution >= 4 is 22.5 Å². The van der Waals surface area contributed by atoms with Crippen LogP contribution >= 0.6 is 0 Å². The number of benzene rings is 2. The Hall–Kier alpha value is -2.88. The van der Waals surface area contributed by atoms with Crippen LogP contribution in [0.15, 0.2) is 60.8 Å². The summed E-state index contributed by atoms with van der Waals surface area (Å²) in [5.74, 6) is 0.992. The third-order valence-corrected chi connectivity index (χ3v) is 3.29. The highest BCUT2D eigenvalue weighted by atomic mass is 16.5. The standard InChI is InChI=1S/C18H16N2O2/c1-13-9-10-17(19-11-13)20-18(21)12-22-16-8-4-6-14-5-2-3-7-15(14)16/h2-11H,12H2,1H3,(H,19,20,21). The predicted molar refractivity (Wildman–Crippen MR) is 87.0 cm³/mol. The lowest BCUT2D eigenvalue weighted by Gasteiger charge is -2.09. The summed E-state index contributed by atoms with van der Waals surface area (Å²) in [6, 6.07) is 17.4. The highest BCUT2D eigenvalue weighted by Crippen LogP contribution is 2.24. The van der Waals surface area contributed by atoms with E-state index in [2.05, 4.69) is 10.3 Å². The fourth-order valence-electron chi connectivity index (χ4n) is 2.19. The Labute approximate surface area is 128 Å². The van der Waals surface area contributed by atoms with E-state index in [1.54, 1.807) is 12.3 Å². The first-order valence-electron chi connectivity index (χ1n) is 7.05. The minimum atomic E-state index is -0.232.